The Morgan fingerprint density at radius 1 is 0.972 bits per heavy atom. The number of carbonyl (C=O) groups excluding carboxylic acids is 3. The van der Waals surface area contributed by atoms with E-state index in [-0.39, 0.29) is 17.5 Å². The van der Waals surface area contributed by atoms with Gasteiger partial charge in [-0.25, -0.2) is 0 Å². The van der Waals surface area contributed by atoms with E-state index in [0.717, 1.165) is 44.1 Å². The molecule has 1 saturated heterocycles. The zero-order valence-corrected chi connectivity index (χ0v) is 27.7. The molecule has 1 amide bonds. The van der Waals surface area contributed by atoms with Gasteiger partial charge >= 0.3 is 0 Å². The number of aldehydes is 1. The molecule has 0 spiro atoms. The molecule has 0 aromatic heterocycles. The molecule has 6 nitrogen and oxygen atoms in total. The second kappa shape index (κ2) is 35.9. The van der Waals surface area contributed by atoms with Crippen LogP contribution in [0.25, 0.3) is 0 Å². The minimum atomic E-state index is -0.0301. The van der Waals surface area contributed by atoms with E-state index in [4.69, 9.17) is 0 Å². The summed E-state index contributed by atoms with van der Waals surface area (Å²) in [6, 6.07) is 0.197. The Hall–Kier alpha value is -1.27. The lowest BCUT2D eigenvalue weighted by atomic mass is 9.88. The van der Waals surface area contributed by atoms with Crippen molar-refractivity contribution in [1.29, 1.82) is 0 Å². The second-order valence-electron chi connectivity index (χ2n) is 10.6. The summed E-state index contributed by atoms with van der Waals surface area (Å²) in [5.41, 5.74) is 0.0382. The molecule has 2 N–H and O–H groups in total. The van der Waals surface area contributed by atoms with E-state index in [2.05, 4.69) is 57.1 Å². The van der Waals surface area contributed by atoms with Crippen molar-refractivity contribution in [2.45, 2.75) is 135 Å². The molecule has 1 heterocycles. The van der Waals surface area contributed by atoms with Crippen molar-refractivity contribution in [2.24, 2.45) is 17.3 Å². The van der Waals surface area contributed by atoms with Crippen LogP contribution in [0.1, 0.15) is 123 Å². The first kappa shape index (κ1) is 47.9. The minimum Gasteiger partial charge on any atom is -0.359 e. The molecule has 1 rings (SSSR count). The summed E-state index contributed by atoms with van der Waals surface area (Å²) in [5.74, 6) is 1.98. The third-order valence-corrected chi connectivity index (χ3v) is 3.85. The van der Waals surface area contributed by atoms with Crippen LogP contribution in [-0.4, -0.2) is 62.6 Å². The van der Waals surface area contributed by atoms with Gasteiger partial charge in [0.05, 0.1) is 12.1 Å². The number of amides is 1. The van der Waals surface area contributed by atoms with E-state index in [1.807, 2.05) is 62.4 Å². The number of likely N-dealkylation sites (N-methyl/N-ethyl adjacent to an activating group) is 2. The molecule has 1 fully saturated rings. The van der Waals surface area contributed by atoms with Gasteiger partial charge in [0.25, 0.3) is 0 Å². The lowest BCUT2D eigenvalue weighted by molar-refractivity contribution is -0.120. The topological polar surface area (TPSA) is 78.5 Å². The predicted molar refractivity (Wildman–Crippen MR) is 163 cm³/mol. The molecule has 36 heavy (non-hydrogen) atoms. The smallest absolute Gasteiger partial charge is 0.207 e. The number of Topliss-reactive ketones (excluding diaryl/α,β-unsaturated/α-hetero) is 1. The number of likely N-dealkylation sites (tertiary alicyclic amines) is 1. The highest BCUT2D eigenvalue weighted by Gasteiger charge is 2.24. The fourth-order valence-corrected chi connectivity index (χ4v) is 2.33. The molecule has 0 aromatic rings. The zero-order valence-electron chi connectivity index (χ0n) is 27.7. The summed E-state index contributed by atoms with van der Waals surface area (Å²) < 4.78 is 0. The van der Waals surface area contributed by atoms with Crippen LogP contribution in [0.15, 0.2) is 0 Å². The number of carbonyl (C=O) groups is 3. The van der Waals surface area contributed by atoms with Gasteiger partial charge in [-0.05, 0) is 64.1 Å². The summed E-state index contributed by atoms with van der Waals surface area (Å²) in [6.07, 6.45) is 4.91. The second-order valence-corrected chi connectivity index (χ2v) is 10.6. The van der Waals surface area contributed by atoms with Gasteiger partial charge in [-0.1, -0.05) is 96.9 Å². The van der Waals surface area contributed by atoms with Crippen molar-refractivity contribution in [2.75, 3.05) is 27.2 Å². The highest BCUT2D eigenvalue weighted by Crippen LogP contribution is 2.16. The lowest BCUT2D eigenvalue weighted by Gasteiger charge is -2.24. The van der Waals surface area contributed by atoms with Crippen molar-refractivity contribution in [3.8, 4) is 0 Å². The first-order valence-electron chi connectivity index (χ1n) is 14.1. The van der Waals surface area contributed by atoms with E-state index in [0.29, 0.717) is 12.2 Å². The van der Waals surface area contributed by atoms with E-state index in [1.54, 1.807) is 14.0 Å². The maximum Gasteiger partial charge on any atom is 0.207 e. The fraction of sp³-hybridized carbons (Fsp3) is 0.900. The fourth-order valence-electron chi connectivity index (χ4n) is 2.33. The van der Waals surface area contributed by atoms with Crippen LogP contribution >= 0.6 is 0 Å². The van der Waals surface area contributed by atoms with E-state index in [9.17, 15) is 14.4 Å². The molecule has 222 valence electrons. The molecular weight excluding hydrogens is 450 g/mol. The Bertz CT molecular complexity index is 422. The third kappa shape index (κ3) is 49.8. The molecule has 1 aliphatic rings. The van der Waals surface area contributed by atoms with Gasteiger partial charge in [-0.3, -0.25) is 14.5 Å². The van der Waals surface area contributed by atoms with Crippen LogP contribution in [-0.2, 0) is 14.4 Å². The predicted octanol–water partition coefficient (Wildman–Crippen LogP) is 7.01. The van der Waals surface area contributed by atoms with Gasteiger partial charge in [0.1, 0.15) is 12.1 Å². The number of ketones is 1. The summed E-state index contributed by atoms with van der Waals surface area (Å²) >= 11 is 0. The van der Waals surface area contributed by atoms with Crippen LogP contribution in [0, 0.1) is 17.3 Å². The van der Waals surface area contributed by atoms with Crippen molar-refractivity contribution < 1.29 is 14.4 Å². The molecule has 0 aromatic carbocycles. The molecule has 0 radical (unpaired) electrons. The largest absolute Gasteiger partial charge is 0.359 e. The van der Waals surface area contributed by atoms with Crippen LogP contribution < -0.4 is 10.6 Å². The van der Waals surface area contributed by atoms with Gasteiger partial charge < -0.3 is 15.4 Å². The zero-order chi connectivity index (χ0) is 30.3. The normalized spacial score (nSPS) is 14.6. The third-order valence-electron chi connectivity index (χ3n) is 3.85. The van der Waals surface area contributed by atoms with Gasteiger partial charge in [0, 0.05) is 6.54 Å². The molecule has 0 aliphatic carbocycles. The monoisotopic (exact) mass is 520 g/mol. The van der Waals surface area contributed by atoms with Gasteiger partial charge in [-0.15, -0.1) is 0 Å². The molecule has 1 aliphatic heterocycles. The summed E-state index contributed by atoms with van der Waals surface area (Å²) in [4.78, 5) is 32.7. The van der Waals surface area contributed by atoms with Crippen LogP contribution in [0.3, 0.4) is 0 Å². The lowest BCUT2D eigenvalue weighted by Crippen LogP contribution is -2.39. The number of hydrogen-bond donors (Lipinski definition) is 2. The summed E-state index contributed by atoms with van der Waals surface area (Å²) in [6.45, 7) is 32.7. The minimum absolute atomic E-state index is 0.0301. The molecule has 6 heteroatoms. The van der Waals surface area contributed by atoms with Gasteiger partial charge in [0.2, 0.25) is 6.41 Å². The molecule has 0 bridgehead atoms. The van der Waals surface area contributed by atoms with Crippen molar-refractivity contribution in [1.82, 2.24) is 15.5 Å². The van der Waals surface area contributed by atoms with Crippen LogP contribution in [0.5, 0.6) is 0 Å². The Labute approximate surface area is 228 Å². The Morgan fingerprint density at radius 3 is 1.44 bits per heavy atom. The van der Waals surface area contributed by atoms with Gasteiger partial charge in [0.15, 0.2) is 0 Å². The van der Waals surface area contributed by atoms with Crippen molar-refractivity contribution in [3.05, 3.63) is 0 Å². The highest BCUT2D eigenvalue weighted by atomic mass is 16.1. The summed E-state index contributed by atoms with van der Waals surface area (Å²) in [7, 11) is 3.81. The number of rotatable bonds is 6. The Kier molecular flexibility index (Phi) is 47.7. The number of hydrogen-bond acceptors (Lipinski definition) is 5. The Balaban J connectivity index is -0.0000000782. The molecular formula is C30H69N3O3. The quantitative estimate of drug-likeness (QED) is 0.291. The van der Waals surface area contributed by atoms with E-state index >= 15 is 0 Å². The van der Waals surface area contributed by atoms with E-state index in [1.165, 1.54) is 6.42 Å². The first-order chi connectivity index (χ1) is 16.6. The number of nitrogens with one attached hydrogen (secondary N) is 2. The molecule has 0 saturated carbocycles. The molecule has 2 atom stereocenters. The maximum atomic E-state index is 10.8. The van der Waals surface area contributed by atoms with Crippen molar-refractivity contribution >= 4 is 18.5 Å². The standard InChI is InChI=1S/C7H13NO.C7H15NO.C4H9NO.2C4H10.2C2H6/c1-6(9)7-4-3-5-8(7)2;1-7(2,3)6(5-9)8-4;1-2-3-5-4-6;2*1-4(2)3;2*1-2/h7H,3-5H2,1-2H3;5-6,8H,1-4H3;4H,2-3H2,1H3,(H,5,6);2*4H,1-3H3;2*1-2H3. The number of nitrogens with zero attached hydrogens (tertiary/aromatic N) is 1. The average Bonchev–Trinajstić information content (AvgIpc) is 3.21. The average molecular weight is 520 g/mol. The molecule has 2 unspecified atom stereocenters. The summed E-state index contributed by atoms with van der Waals surface area (Å²) in [5, 5.41) is 5.44. The van der Waals surface area contributed by atoms with E-state index < -0.39 is 0 Å². The SMILES string of the molecule is CC.CC.CC(=O)C1CCCN1C.CC(C)C.CC(C)C.CCCNC=O.CNC(C=O)C(C)(C)C. The first-order valence-corrected chi connectivity index (χ1v) is 14.1. The Morgan fingerprint density at radius 2 is 1.36 bits per heavy atom. The highest BCUT2D eigenvalue weighted by molar-refractivity contribution is 5.81. The van der Waals surface area contributed by atoms with Crippen LogP contribution in [0.2, 0.25) is 0 Å². The van der Waals surface area contributed by atoms with Gasteiger partial charge in [-0.2, -0.15) is 0 Å². The maximum absolute atomic E-state index is 10.8. The van der Waals surface area contributed by atoms with Crippen LogP contribution in [0.4, 0.5) is 0 Å². The van der Waals surface area contributed by atoms with Crippen molar-refractivity contribution in [3.63, 3.8) is 0 Å².